The van der Waals surface area contributed by atoms with E-state index < -0.39 is 0 Å². The average molecular weight is 281 g/mol. The summed E-state index contributed by atoms with van der Waals surface area (Å²) >= 11 is 12.1. The molecule has 0 spiro atoms. The number of halogens is 2. The first-order chi connectivity index (χ1) is 8.70. The van der Waals surface area contributed by atoms with Crippen LogP contribution in [0.4, 0.5) is 5.69 Å². The third-order valence-corrected chi connectivity index (χ3v) is 3.25. The molecule has 0 aliphatic rings. The molecular formula is C14H14Cl2N2. The number of hydrogen-bond acceptors (Lipinski definition) is 2. The van der Waals surface area contributed by atoms with Crippen LogP contribution in [0.5, 0.6) is 0 Å². The van der Waals surface area contributed by atoms with Crippen molar-refractivity contribution in [2.24, 2.45) is 5.73 Å². The van der Waals surface area contributed by atoms with E-state index in [2.05, 4.69) is 5.32 Å². The van der Waals surface area contributed by atoms with Gasteiger partial charge in [0.2, 0.25) is 0 Å². The van der Waals surface area contributed by atoms with E-state index in [-0.39, 0.29) is 6.04 Å². The van der Waals surface area contributed by atoms with Gasteiger partial charge in [-0.05, 0) is 29.8 Å². The van der Waals surface area contributed by atoms with Gasteiger partial charge in [0, 0.05) is 22.3 Å². The molecule has 4 heteroatoms. The summed E-state index contributed by atoms with van der Waals surface area (Å²) < 4.78 is 0. The first-order valence-corrected chi connectivity index (χ1v) is 6.43. The maximum atomic E-state index is 6.19. The van der Waals surface area contributed by atoms with Gasteiger partial charge in [-0.25, -0.2) is 0 Å². The van der Waals surface area contributed by atoms with Crippen LogP contribution in [-0.2, 0) is 0 Å². The second-order valence-electron chi connectivity index (χ2n) is 3.96. The van der Waals surface area contributed by atoms with E-state index in [1.165, 1.54) is 0 Å². The Labute approximate surface area is 117 Å². The average Bonchev–Trinajstić information content (AvgIpc) is 2.38. The molecule has 0 aliphatic heterocycles. The Balaban J connectivity index is 2.23. The van der Waals surface area contributed by atoms with E-state index in [0.29, 0.717) is 16.6 Å². The van der Waals surface area contributed by atoms with Crippen molar-refractivity contribution in [1.82, 2.24) is 0 Å². The number of anilines is 1. The van der Waals surface area contributed by atoms with Crippen LogP contribution in [0.15, 0.2) is 48.5 Å². The van der Waals surface area contributed by atoms with Crippen LogP contribution in [0.2, 0.25) is 10.0 Å². The molecule has 0 fully saturated rings. The minimum absolute atomic E-state index is 0.0304. The van der Waals surface area contributed by atoms with Crippen LogP contribution in [0.25, 0.3) is 0 Å². The minimum Gasteiger partial charge on any atom is -0.377 e. The summed E-state index contributed by atoms with van der Waals surface area (Å²) in [5.74, 6) is 0. The van der Waals surface area contributed by atoms with Gasteiger partial charge in [0.1, 0.15) is 0 Å². The predicted molar refractivity (Wildman–Crippen MR) is 78.3 cm³/mol. The molecule has 0 aliphatic carbocycles. The van der Waals surface area contributed by atoms with Gasteiger partial charge in [-0.1, -0.05) is 47.5 Å². The van der Waals surface area contributed by atoms with Crippen molar-refractivity contribution in [3.63, 3.8) is 0 Å². The summed E-state index contributed by atoms with van der Waals surface area (Å²) in [6.07, 6.45) is 0. The van der Waals surface area contributed by atoms with Gasteiger partial charge in [0.25, 0.3) is 0 Å². The molecule has 0 radical (unpaired) electrons. The highest BCUT2D eigenvalue weighted by Crippen LogP contribution is 2.28. The number of hydrogen-bond donors (Lipinski definition) is 2. The van der Waals surface area contributed by atoms with Gasteiger partial charge in [0.15, 0.2) is 0 Å². The van der Waals surface area contributed by atoms with E-state index >= 15 is 0 Å². The molecule has 0 aromatic heterocycles. The Kier molecular flexibility index (Phi) is 4.48. The molecule has 2 nitrogen and oxygen atoms in total. The lowest BCUT2D eigenvalue weighted by Gasteiger charge is -2.20. The van der Waals surface area contributed by atoms with Crippen molar-refractivity contribution in [3.8, 4) is 0 Å². The van der Waals surface area contributed by atoms with E-state index in [1.807, 2.05) is 42.5 Å². The molecule has 0 bridgehead atoms. The van der Waals surface area contributed by atoms with E-state index in [9.17, 15) is 0 Å². The summed E-state index contributed by atoms with van der Waals surface area (Å²) in [7, 11) is 0. The van der Waals surface area contributed by atoms with Gasteiger partial charge in [-0.2, -0.15) is 0 Å². The Morgan fingerprint density at radius 1 is 1.06 bits per heavy atom. The van der Waals surface area contributed by atoms with Crippen molar-refractivity contribution in [3.05, 3.63) is 64.1 Å². The molecule has 94 valence electrons. The van der Waals surface area contributed by atoms with Crippen molar-refractivity contribution in [1.29, 1.82) is 0 Å². The second-order valence-corrected chi connectivity index (χ2v) is 4.81. The summed E-state index contributed by atoms with van der Waals surface area (Å²) in [5, 5.41) is 4.60. The van der Waals surface area contributed by atoms with Crippen molar-refractivity contribution >= 4 is 28.9 Å². The third kappa shape index (κ3) is 3.16. The normalized spacial score (nSPS) is 12.2. The quantitative estimate of drug-likeness (QED) is 0.885. The van der Waals surface area contributed by atoms with Crippen LogP contribution in [-0.4, -0.2) is 6.54 Å². The van der Waals surface area contributed by atoms with E-state index in [4.69, 9.17) is 28.9 Å². The first kappa shape index (κ1) is 13.2. The van der Waals surface area contributed by atoms with Gasteiger partial charge in [0.05, 0.1) is 6.04 Å². The lowest BCUT2D eigenvalue weighted by atomic mass is 10.1. The zero-order valence-corrected chi connectivity index (χ0v) is 11.2. The predicted octanol–water partition coefficient (Wildman–Crippen LogP) is 4.11. The van der Waals surface area contributed by atoms with E-state index in [0.717, 1.165) is 11.3 Å². The summed E-state index contributed by atoms with van der Waals surface area (Å²) in [6.45, 7) is 0.455. The molecule has 0 saturated heterocycles. The fraction of sp³-hybridized carbons (Fsp3) is 0.143. The second kappa shape index (κ2) is 6.10. The zero-order valence-electron chi connectivity index (χ0n) is 9.74. The number of nitrogens with two attached hydrogens (primary N) is 1. The van der Waals surface area contributed by atoms with Gasteiger partial charge in [-0.3, -0.25) is 0 Å². The Morgan fingerprint density at radius 2 is 1.78 bits per heavy atom. The molecule has 0 amide bonds. The van der Waals surface area contributed by atoms with Crippen LogP contribution in [0.3, 0.4) is 0 Å². The largest absolute Gasteiger partial charge is 0.377 e. The topological polar surface area (TPSA) is 38.0 Å². The Bertz CT molecular complexity index is 514. The van der Waals surface area contributed by atoms with Crippen molar-refractivity contribution < 1.29 is 0 Å². The molecule has 0 saturated carbocycles. The fourth-order valence-electron chi connectivity index (χ4n) is 1.78. The smallest absolute Gasteiger partial charge is 0.0650 e. The van der Waals surface area contributed by atoms with Crippen LogP contribution in [0.1, 0.15) is 11.6 Å². The summed E-state index contributed by atoms with van der Waals surface area (Å²) in [6, 6.07) is 15.3. The SMILES string of the molecule is NCC(Nc1ccccc1)c1ccc(Cl)cc1Cl. The van der Waals surface area contributed by atoms with Crippen molar-refractivity contribution in [2.75, 3.05) is 11.9 Å². The molecule has 0 heterocycles. The van der Waals surface area contributed by atoms with E-state index in [1.54, 1.807) is 6.07 Å². The zero-order chi connectivity index (χ0) is 13.0. The summed E-state index contributed by atoms with van der Waals surface area (Å²) in [4.78, 5) is 0. The maximum Gasteiger partial charge on any atom is 0.0650 e. The Hall–Kier alpha value is -1.22. The maximum absolute atomic E-state index is 6.19. The van der Waals surface area contributed by atoms with Gasteiger partial charge < -0.3 is 11.1 Å². The third-order valence-electron chi connectivity index (χ3n) is 2.69. The summed E-state index contributed by atoms with van der Waals surface area (Å²) in [5.41, 5.74) is 7.77. The molecule has 1 atom stereocenters. The fourth-order valence-corrected chi connectivity index (χ4v) is 2.32. The molecule has 2 aromatic carbocycles. The monoisotopic (exact) mass is 280 g/mol. The van der Waals surface area contributed by atoms with Gasteiger partial charge in [-0.15, -0.1) is 0 Å². The first-order valence-electron chi connectivity index (χ1n) is 5.67. The Morgan fingerprint density at radius 3 is 2.39 bits per heavy atom. The highest BCUT2D eigenvalue weighted by atomic mass is 35.5. The number of benzene rings is 2. The molecule has 3 N–H and O–H groups in total. The molecule has 2 aromatic rings. The standard InChI is InChI=1S/C14H14Cl2N2/c15-10-6-7-12(13(16)8-10)14(9-17)18-11-4-2-1-3-5-11/h1-8,14,18H,9,17H2. The van der Waals surface area contributed by atoms with Gasteiger partial charge >= 0.3 is 0 Å². The number of para-hydroxylation sites is 1. The molecule has 18 heavy (non-hydrogen) atoms. The molecule has 1 unspecified atom stereocenters. The number of rotatable bonds is 4. The molecule has 2 rings (SSSR count). The molecular weight excluding hydrogens is 267 g/mol. The lowest BCUT2D eigenvalue weighted by molar-refractivity contribution is 0.790. The van der Waals surface area contributed by atoms with Crippen LogP contribution < -0.4 is 11.1 Å². The van der Waals surface area contributed by atoms with Crippen LogP contribution >= 0.6 is 23.2 Å². The number of nitrogens with one attached hydrogen (secondary N) is 1. The highest BCUT2D eigenvalue weighted by molar-refractivity contribution is 6.35. The van der Waals surface area contributed by atoms with Crippen LogP contribution in [0, 0.1) is 0 Å². The van der Waals surface area contributed by atoms with Crippen molar-refractivity contribution in [2.45, 2.75) is 6.04 Å². The lowest BCUT2D eigenvalue weighted by Crippen LogP contribution is -2.20. The minimum atomic E-state index is -0.0304. The highest BCUT2D eigenvalue weighted by Gasteiger charge is 2.13.